The molecule has 2 aromatic rings. The second-order valence-corrected chi connectivity index (χ2v) is 6.29. The predicted octanol–water partition coefficient (Wildman–Crippen LogP) is 1.96. The smallest absolute Gasteiger partial charge is 0.234 e. The van der Waals surface area contributed by atoms with Crippen LogP contribution in [-0.4, -0.2) is 45.3 Å². The number of hydrogen-bond acceptors (Lipinski definition) is 4. The fraction of sp³-hybridized carbons (Fsp3) is 0.471. The molecule has 0 unspecified atom stereocenters. The van der Waals surface area contributed by atoms with Crippen LogP contribution in [0.15, 0.2) is 30.3 Å². The van der Waals surface area contributed by atoms with Crippen LogP contribution in [0.3, 0.4) is 0 Å². The number of rotatable bonds is 8. The molecule has 0 aliphatic carbocycles. The van der Waals surface area contributed by atoms with E-state index >= 15 is 0 Å². The van der Waals surface area contributed by atoms with Gasteiger partial charge in [0.15, 0.2) is 4.77 Å². The molecule has 0 spiro atoms. The van der Waals surface area contributed by atoms with Gasteiger partial charge in [0.05, 0.1) is 13.2 Å². The molecular formula is C17H25N5OS. The van der Waals surface area contributed by atoms with E-state index in [2.05, 4.69) is 22.5 Å². The Morgan fingerprint density at radius 3 is 2.71 bits per heavy atom. The lowest BCUT2D eigenvalue weighted by molar-refractivity contribution is -0.122. The van der Waals surface area contributed by atoms with Crippen LogP contribution >= 0.6 is 12.2 Å². The molecule has 24 heavy (non-hydrogen) atoms. The average molecular weight is 347 g/mol. The summed E-state index contributed by atoms with van der Waals surface area (Å²) in [6, 6.07) is 10.2. The predicted molar refractivity (Wildman–Crippen MR) is 97.2 cm³/mol. The number of aromatic nitrogens is 3. The number of nitrogens with zero attached hydrogens (tertiary/aromatic N) is 4. The molecular weight excluding hydrogens is 322 g/mol. The van der Waals surface area contributed by atoms with Gasteiger partial charge in [-0.15, -0.1) is 0 Å². The molecule has 1 aromatic heterocycles. The van der Waals surface area contributed by atoms with Crippen LogP contribution in [0, 0.1) is 4.77 Å². The number of nitrogens with one attached hydrogen (secondary N) is 1. The van der Waals surface area contributed by atoms with E-state index in [0.29, 0.717) is 24.5 Å². The molecule has 0 bridgehead atoms. The van der Waals surface area contributed by atoms with Crippen molar-refractivity contribution in [1.82, 2.24) is 24.6 Å². The van der Waals surface area contributed by atoms with Gasteiger partial charge in [0.1, 0.15) is 5.82 Å². The van der Waals surface area contributed by atoms with Gasteiger partial charge in [0.2, 0.25) is 5.91 Å². The first kappa shape index (κ1) is 18.4. The number of carbonyl (C=O) groups is 1. The highest BCUT2D eigenvalue weighted by atomic mass is 32.1. The molecule has 6 nitrogen and oxygen atoms in total. The average Bonchev–Trinajstić information content (AvgIpc) is 2.82. The third-order valence-electron chi connectivity index (χ3n) is 3.70. The van der Waals surface area contributed by atoms with Crippen molar-refractivity contribution in [3.05, 3.63) is 46.5 Å². The second-order valence-electron chi connectivity index (χ2n) is 5.93. The van der Waals surface area contributed by atoms with Crippen molar-refractivity contribution in [3.8, 4) is 0 Å². The number of likely N-dealkylation sites (N-methyl/N-ethyl adjacent to an activating group) is 1. The maximum Gasteiger partial charge on any atom is 0.234 e. The van der Waals surface area contributed by atoms with Crippen LogP contribution in [0.4, 0.5) is 0 Å². The summed E-state index contributed by atoms with van der Waals surface area (Å²) in [5, 5.41) is 7.49. The van der Waals surface area contributed by atoms with Crippen molar-refractivity contribution in [1.29, 1.82) is 0 Å². The van der Waals surface area contributed by atoms with Gasteiger partial charge in [-0.25, -0.2) is 4.68 Å². The van der Waals surface area contributed by atoms with E-state index in [1.165, 1.54) is 5.56 Å². The SMILES string of the molecule is CCCNC(=O)CN(C)Cn1nc(Cc2ccccc2)n(C)c1=S. The molecule has 1 N–H and O–H groups in total. The van der Waals surface area contributed by atoms with Gasteiger partial charge in [-0.05, 0) is 31.2 Å². The standard InChI is InChI=1S/C17H25N5OS/c1-4-10-18-16(23)12-20(2)13-22-17(24)21(3)15(19-22)11-14-8-6-5-7-9-14/h5-9H,4,10-13H2,1-3H3,(H,18,23). The first-order chi connectivity index (χ1) is 11.5. The van der Waals surface area contributed by atoms with E-state index in [-0.39, 0.29) is 5.91 Å². The maximum absolute atomic E-state index is 11.8. The highest BCUT2D eigenvalue weighted by Crippen LogP contribution is 2.08. The van der Waals surface area contributed by atoms with E-state index in [4.69, 9.17) is 12.2 Å². The minimum absolute atomic E-state index is 0.0197. The summed E-state index contributed by atoms with van der Waals surface area (Å²) in [5.41, 5.74) is 1.19. The molecule has 0 fully saturated rings. The van der Waals surface area contributed by atoms with Crippen LogP contribution < -0.4 is 5.32 Å². The Bertz CT molecular complexity index is 722. The van der Waals surface area contributed by atoms with Crippen molar-refractivity contribution < 1.29 is 4.79 Å². The molecule has 2 rings (SSSR count). The third-order valence-corrected chi connectivity index (χ3v) is 4.18. The van der Waals surface area contributed by atoms with Crippen LogP contribution in [-0.2, 0) is 24.9 Å². The number of hydrogen-bond donors (Lipinski definition) is 1. The lowest BCUT2D eigenvalue weighted by Crippen LogP contribution is -2.36. The van der Waals surface area contributed by atoms with Gasteiger partial charge in [0, 0.05) is 20.0 Å². The summed E-state index contributed by atoms with van der Waals surface area (Å²) >= 11 is 5.47. The summed E-state index contributed by atoms with van der Waals surface area (Å²) < 4.78 is 4.34. The zero-order chi connectivity index (χ0) is 17.5. The molecule has 0 aliphatic heterocycles. The molecule has 1 heterocycles. The minimum atomic E-state index is 0.0197. The molecule has 7 heteroatoms. The molecule has 0 saturated heterocycles. The first-order valence-electron chi connectivity index (χ1n) is 8.13. The fourth-order valence-corrected chi connectivity index (χ4v) is 2.61. The summed E-state index contributed by atoms with van der Waals surface area (Å²) in [6.07, 6.45) is 1.66. The summed E-state index contributed by atoms with van der Waals surface area (Å²) in [6.45, 7) is 3.55. The van der Waals surface area contributed by atoms with Gasteiger partial charge in [-0.1, -0.05) is 37.3 Å². The lowest BCUT2D eigenvalue weighted by atomic mass is 10.1. The van der Waals surface area contributed by atoms with E-state index in [0.717, 1.165) is 18.7 Å². The maximum atomic E-state index is 11.8. The van der Waals surface area contributed by atoms with Crippen LogP contribution in [0.25, 0.3) is 0 Å². The fourth-order valence-electron chi connectivity index (χ4n) is 2.40. The molecule has 0 aliphatic rings. The minimum Gasteiger partial charge on any atom is -0.355 e. The van der Waals surface area contributed by atoms with Crippen molar-refractivity contribution in [2.45, 2.75) is 26.4 Å². The number of carbonyl (C=O) groups excluding carboxylic acids is 1. The Hall–Kier alpha value is -1.99. The Balaban J connectivity index is 2.02. The summed E-state index contributed by atoms with van der Waals surface area (Å²) in [4.78, 5) is 13.7. The first-order valence-corrected chi connectivity index (χ1v) is 8.54. The van der Waals surface area contributed by atoms with Gasteiger partial charge in [-0.2, -0.15) is 5.10 Å². The Morgan fingerprint density at radius 2 is 2.04 bits per heavy atom. The monoisotopic (exact) mass is 347 g/mol. The normalized spacial score (nSPS) is 11.0. The van der Waals surface area contributed by atoms with Crippen LogP contribution in [0.1, 0.15) is 24.7 Å². The zero-order valence-electron chi connectivity index (χ0n) is 14.5. The Labute approximate surface area is 148 Å². The summed E-state index contributed by atoms with van der Waals surface area (Å²) in [5.74, 6) is 0.932. The van der Waals surface area contributed by atoms with Gasteiger partial charge >= 0.3 is 0 Å². The second kappa shape index (κ2) is 8.75. The van der Waals surface area contributed by atoms with E-state index < -0.39 is 0 Å². The quantitative estimate of drug-likeness (QED) is 0.742. The summed E-state index contributed by atoms with van der Waals surface area (Å²) in [7, 11) is 3.82. The molecule has 0 atom stereocenters. The zero-order valence-corrected chi connectivity index (χ0v) is 15.3. The highest BCUT2D eigenvalue weighted by molar-refractivity contribution is 7.71. The van der Waals surface area contributed by atoms with Gasteiger partial charge < -0.3 is 9.88 Å². The van der Waals surface area contributed by atoms with Crippen molar-refractivity contribution in [2.75, 3.05) is 20.1 Å². The van der Waals surface area contributed by atoms with Crippen LogP contribution in [0.5, 0.6) is 0 Å². The molecule has 1 amide bonds. The molecule has 0 saturated carbocycles. The number of amides is 1. The molecule has 130 valence electrons. The topological polar surface area (TPSA) is 55.1 Å². The van der Waals surface area contributed by atoms with E-state index in [1.807, 2.05) is 48.7 Å². The molecule has 0 radical (unpaired) electrons. The Kier molecular flexibility index (Phi) is 6.69. The largest absolute Gasteiger partial charge is 0.355 e. The van der Waals surface area contributed by atoms with Crippen LogP contribution in [0.2, 0.25) is 0 Å². The number of benzene rings is 1. The van der Waals surface area contributed by atoms with E-state index in [1.54, 1.807) is 4.68 Å². The van der Waals surface area contributed by atoms with Gasteiger partial charge in [-0.3, -0.25) is 9.69 Å². The third kappa shape index (κ3) is 5.01. The van der Waals surface area contributed by atoms with Gasteiger partial charge in [0.25, 0.3) is 0 Å². The van der Waals surface area contributed by atoms with E-state index in [9.17, 15) is 4.79 Å². The van der Waals surface area contributed by atoms with Crippen molar-refractivity contribution >= 4 is 18.1 Å². The van der Waals surface area contributed by atoms with Crippen molar-refractivity contribution in [2.24, 2.45) is 7.05 Å². The highest BCUT2D eigenvalue weighted by Gasteiger charge is 2.12. The Morgan fingerprint density at radius 1 is 1.33 bits per heavy atom. The lowest BCUT2D eigenvalue weighted by Gasteiger charge is -2.15. The molecule has 1 aromatic carbocycles. The van der Waals surface area contributed by atoms with Crippen molar-refractivity contribution in [3.63, 3.8) is 0 Å².